The van der Waals surface area contributed by atoms with E-state index in [0.717, 1.165) is 36.1 Å². The molecule has 0 fully saturated rings. The molecule has 1 N–H and O–H groups in total. The Morgan fingerprint density at radius 2 is 2.16 bits per heavy atom. The number of halogens is 1. The van der Waals surface area contributed by atoms with Gasteiger partial charge in [-0.1, -0.05) is 13.0 Å². The number of rotatable bonds is 6. The maximum absolute atomic E-state index is 13.5. The molecule has 0 saturated carbocycles. The summed E-state index contributed by atoms with van der Waals surface area (Å²) in [6.07, 6.45) is 5.27. The van der Waals surface area contributed by atoms with Gasteiger partial charge in [-0.3, -0.25) is 0 Å². The smallest absolute Gasteiger partial charge is 0.123 e. The molecule has 1 unspecified atom stereocenters. The highest BCUT2D eigenvalue weighted by molar-refractivity contribution is 5.27. The predicted octanol–water partition coefficient (Wildman–Crippen LogP) is 4.01. The van der Waals surface area contributed by atoms with Crippen molar-refractivity contribution in [1.82, 2.24) is 5.32 Å². The summed E-state index contributed by atoms with van der Waals surface area (Å²) in [5.41, 5.74) is 3.06. The third-order valence-electron chi connectivity index (χ3n) is 3.13. The van der Waals surface area contributed by atoms with E-state index < -0.39 is 0 Å². The van der Waals surface area contributed by atoms with E-state index in [9.17, 15) is 4.39 Å². The van der Waals surface area contributed by atoms with Gasteiger partial charge in [0.25, 0.3) is 0 Å². The molecule has 1 aromatic carbocycles. The lowest BCUT2D eigenvalue weighted by molar-refractivity contribution is 0.516. The second-order valence-electron chi connectivity index (χ2n) is 4.90. The standard InChI is InChI=1S/C16H20FNO/c1-3-5-18-16(9-13-4-6-19-11-13)14-7-12(2)8-15(17)10-14/h4,6-8,10-11,16,18H,3,5,9H2,1-2H3. The van der Waals surface area contributed by atoms with Crippen LogP contribution in [0.4, 0.5) is 4.39 Å². The van der Waals surface area contributed by atoms with Crippen molar-refractivity contribution in [3.8, 4) is 0 Å². The fourth-order valence-electron chi connectivity index (χ4n) is 2.24. The Hall–Kier alpha value is -1.61. The third-order valence-corrected chi connectivity index (χ3v) is 3.13. The van der Waals surface area contributed by atoms with Crippen LogP contribution in [0.25, 0.3) is 0 Å². The topological polar surface area (TPSA) is 25.2 Å². The minimum absolute atomic E-state index is 0.118. The molecule has 2 aromatic rings. The van der Waals surface area contributed by atoms with Crippen molar-refractivity contribution >= 4 is 0 Å². The molecule has 0 aliphatic carbocycles. The highest BCUT2D eigenvalue weighted by Crippen LogP contribution is 2.21. The summed E-state index contributed by atoms with van der Waals surface area (Å²) in [4.78, 5) is 0. The van der Waals surface area contributed by atoms with E-state index in [1.807, 2.05) is 19.1 Å². The lowest BCUT2D eigenvalue weighted by atomic mass is 9.98. The van der Waals surface area contributed by atoms with Crippen LogP contribution in [0.3, 0.4) is 0 Å². The highest BCUT2D eigenvalue weighted by Gasteiger charge is 2.13. The number of hydrogen-bond donors (Lipinski definition) is 1. The summed E-state index contributed by atoms with van der Waals surface area (Å²) in [6.45, 7) is 4.96. The van der Waals surface area contributed by atoms with Crippen LogP contribution in [-0.4, -0.2) is 6.54 Å². The Labute approximate surface area is 113 Å². The van der Waals surface area contributed by atoms with Gasteiger partial charge < -0.3 is 9.73 Å². The van der Waals surface area contributed by atoms with Crippen LogP contribution in [-0.2, 0) is 6.42 Å². The van der Waals surface area contributed by atoms with Crippen molar-refractivity contribution in [2.24, 2.45) is 0 Å². The normalized spacial score (nSPS) is 12.6. The molecule has 1 heterocycles. The zero-order valence-electron chi connectivity index (χ0n) is 11.4. The second-order valence-corrected chi connectivity index (χ2v) is 4.90. The zero-order chi connectivity index (χ0) is 13.7. The predicted molar refractivity (Wildman–Crippen MR) is 74.6 cm³/mol. The quantitative estimate of drug-likeness (QED) is 0.850. The monoisotopic (exact) mass is 261 g/mol. The van der Waals surface area contributed by atoms with E-state index in [1.54, 1.807) is 24.7 Å². The van der Waals surface area contributed by atoms with Gasteiger partial charge >= 0.3 is 0 Å². The molecular weight excluding hydrogens is 241 g/mol. The fraction of sp³-hybridized carbons (Fsp3) is 0.375. The van der Waals surface area contributed by atoms with Crippen LogP contribution in [0.2, 0.25) is 0 Å². The van der Waals surface area contributed by atoms with Gasteiger partial charge in [0.15, 0.2) is 0 Å². The van der Waals surface area contributed by atoms with Crippen LogP contribution in [0.15, 0.2) is 41.2 Å². The summed E-state index contributed by atoms with van der Waals surface area (Å²) in [5.74, 6) is -0.175. The van der Waals surface area contributed by atoms with Gasteiger partial charge in [-0.05, 0) is 61.2 Å². The molecule has 2 rings (SSSR count). The molecule has 0 saturated heterocycles. The molecule has 0 spiro atoms. The molecule has 0 radical (unpaired) electrons. The average molecular weight is 261 g/mol. The van der Waals surface area contributed by atoms with Gasteiger partial charge in [-0.2, -0.15) is 0 Å². The number of aryl methyl sites for hydroxylation is 1. The van der Waals surface area contributed by atoms with Gasteiger partial charge in [0.05, 0.1) is 12.5 Å². The molecule has 0 aliphatic rings. The molecule has 2 nitrogen and oxygen atoms in total. The van der Waals surface area contributed by atoms with Crippen molar-refractivity contribution < 1.29 is 8.81 Å². The minimum atomic E-state index is -0.175. The minimum Gasteiger partial charge on any atom is -0.472 e. The average Bonchev–Trinajstić information content (AvgIpc) is 2.86. The molecule has 3 heteroatoms. The summed E-state index contributed by atoms with van der Waals surface area (Å²) < 4.78 is 18.6. The van der Waals surface area contributed by atoms with E-state index in [0.29, 0.717) is 0 Å². The van der Waals surface area contributed by atoms with E-state index in [1.165, 1.54) is 0 Å². The summed E-state index contributed by atoms with van der Waals surface area (Å²) in [7, 11) is 0. The van der Waals surface area contributed by atoms with Crippen LogP contribution in [0.5, 0.6) is 0 Å². The number of nitrogens with one attached hydrogen (secondary N) is 1. The first-order valence-corrected chi connectivity index (χ1v) is 6.70. The van der Waals surface area contributed by atoms with Crippen LogP contribution in [0, 0.1) is 12.7 Å². The van der Waals surface area contributed by atoms with Crippen LogP contribution < -0.4 is 5.32 Å². The van der Waals surface area contributed by atoms with E-state index in [2.05, 4.69) is 12.2 Å². The van der Waals surface area contributed by atoms with Gasteiger partial charge in [0.2, 0.25) is 0 Å². The summed E-state index contributed by atoms with van der Waals surface area (Å²) >= 11 is 0. The van der Waals surface area contributed by atoms with Crippen molar-refractivity contribution in [3.05, 3.63) is 59.3 Å². The number of furan rings is 1. The van der Waals surface area contributed by atoms with Crippen molar-refractivity contribution in [2.75, 3.05) is 6.54 Å². The first-order chi connectivity index (χ1) is 9.19. The molecular formula is C16H20FNO. The van der Waals surface area contributed by atoms with Crippen molar-refractivity contribution in [1.29, 1.82) is 0 Å². The van der Waals surface area contributed by atoms with Gasteiger partial charge in [0, 0.05) is 6.04 Å². The number of hydrogen-bond acceptors (Lipinski definition) is 2. The lowest BCUT2D eigenvalue weighted by Gasteiger charge is -2.19. The van der Waals surface area contributed by atoms with E-state index >= 15 is 0 Å². The Kier molecular flexibility index (Phi) is 4.74. The first-order valence-electron chi connectivity index (χ1n) is 6.70. The second kappa shape index (κ2) is 6.53. The van der Waals surface area contributed by atoms with E-state index in [4.69, 9.17) is 4.42 Å². The van der Waals surface area contributed by atoms with Gasteiger partial charge in [0.1, 0.15) is 5.82 Å². The van der Waals surface area contributed by atoms with Gasteiger partial charge in [-0.15, -0.1) is 0 Å². The Morgan fingerprint density at radius 3 is 2.79 bits per heavy atom. The summed E-state index contributed by atoms with van der Waals surface area (Å²) in [5, 5.41) is 3.47. The molecule has 0 aliphatic heterocycles. The molecule has 1 atom stereocenters. The lowest BCUT2D eigenvalue weighted by Crippen LogP contribution is -2.24. The van der Waals surface area contributed by atoms with Crippen molar-refractivity contribution in [2.45, 2.75) is 32.7 Å². The highest BCUT2D eigenvalue weighted by atomic mass is 19.1. The fourth-order valence-corrected chi connectivity index (χ4v) is 2.24. The number of benzene rings is 1. The Bertz CT molecular complexity index is 487. The van der Waals surface area contributed by atoms with E-state index in [-0.39, 0.29) is 11.9 Å². The van der Waals surface area contributed by atoms with Crippen molar-refractivity contribution in [3.63, 3.8) is 0 Å². The molecule has 0 amide bonds. The molecule has 102 valence electrons. The zero-order valence-corrected chi connectivity index (χ0v) is 11.4. The molecule has 19 heavy (non-hydrogen) atoms. The SMILES string of the molecule is CCCNC(Cc1ccoc1)c1cc(C)cc(F)c1. The summed E-state index contributed by atoms with van der Waals surface area (Å²) in [6, 6.07) is 7.27. The van der Waals surface area contributed by atoms with Crippen LogP contribution in [0.1, 0.15) is 36.1 Å². The third kappa shape index (κ3) is 3.93. The molecule has 0 bridgehead atoms. The maximum Gasteiger partial charge on any atom is 0.123 e. The first kappa shape index (κ1) is 13.8. The largest absolute Gasteiger partial charge is 0.472 e. The van der Waals surface area contributed by atoms with Crippen LogP contribution >= 0.6 is 0 Å². The maximum atomic E-state index is 13.5. The Balaban J connectivity index is 2.20. The van der Waals surface area contributed by atoms with Gasteiger partial charge in [-0.25, -0.2) is 4.39 Å². The molecule has 1 aromatic heterocycles. The Morgan fingerprint density at radius 1 is 1.32 bits per heavy atom.